The topological polar surface area (TPSA) is 74.8 Å². The van der Waals surface area contributed by atoms with Crippen LogP contribution in [0.15, 0.2) is 18.2 Å². The molecule has 23 heavy (non-hydrogen) atoms. The molecule has 124 valence electrons. The number of carbonyl (C=O) groups is 1. The van der Waals surface area contributed by atoms with Crippen LogP contribution in [-0.4, -0.2) is 60.4 Å². The average Bonchev–Trinajstić information content (AvgIpc) is 3.19. The van der Waals surface area contributed by atoms with Crippen molar-refractivity contribution in [1.29, 1.82) is 0 Å². The number of nitrogens with zero attached hydrogens (tertiary/aromatic N) is 1. The van der Waals surface area contributed by atoms with Gasteiger partial charge >= 0.3 is 0 Å². The van der Waals surface area contributed by atoms with E-state index in [1.54, 1.807) is 18.1 Å². The lowest BCUT2D eigenvalue weighted by Crippen LogP contribution is -2.38. The predicted octanol–water partition coefficient (Wildman–Crippen LogP) is 1.54. The zero-order valence-electron chi connectivity index (χ0n) is 13.0. The summed E-state index contributed by atoms with van der Waals surface area (Å²) >= 11 is 0. The molecule has 2 heterocycles. The number of H-pyrrole nitrogens is 1. The quantitative estimate of drug-likeness (QED) is 0.895. The highest BCUT2D eigenvalue weighted by Crippen LogP contribution is 2.30. The van der Waals surface area contributed by atoms with Crippen molar-refractivity contribution in [2.24, 2.45) is 0 Å². The van der Waals surface area contributed by atoms with Crippen LogP contribution in [0.1, 0.15) is 16.9 Å². The number of hydrogen-bond donors (Lipinski definition) is 2. The van der Waals surface area contributed by atoms with Gasteiger partial charge in [-0.3, -0.25) is 4.79 Å². The van der Waals surface area contributed by atoms with E-state index in [9.17, 15) is 14.3 Å². The van der Waals surface area contributed by atoms with E-state index in [-0.39, 0.29) is 35.9 Å². The van der Waals surface area contributed by atoms with Gasteiger partial charge in [-0.25, -0.2) is 4.39 Å². The van der Waals surface area contributed by atoms with Gasteiger partial charge in [-0.15, -0.1) is 0 Å². The van der Waals surface area contributed by atoms with Crippen LogP contribution < -0.4 is 4.74 Å². The fourth-order valence-electron chi connectivity index (χ4n) is 3.07. The number of aromatic amines is 1. The summed E-state index contributed by atoms with van der Waals surface area (Å²) in [5.41, 5.74) is 0.495. The second kappa shape index (κ2) is 6.17. The molecule has 0 aliphatic carbocycles. The summed E-state index contributed by atoms with van der Waals surface area (Å²) < 4.78 is 24.4. The lowest BCUT2D eigenvalue weighted by molar-refractivity contribution is 0.0643. The van der Waals surface area contributed by atoms with Crippen molar-refractivity contribution >= 4 is 16.8 Å². The van der Waals surface area contributed by atoms with Gasteiger partial charge in [0, 0.05) is 19.0 Å². The number of methoxy groups -OCH3 is 2. The van der Waals surface area contributed by atoms with Crippen molar-refractivity contribution in [2.45, 2.75) is 18.6 Å². The van der Waals surface area contributed by atoms with Gasteiger partial charge in [-0.1, -0.05) is 0 Å². The number of rotatable bonds is 4. The van der Waals surface area contributed by atoms with Gasteiger partial charge in [0.25, 0.3) is 5.91 Å². The molecular formula is C16H19FN2O4. The lowest BCUT2D eigenvalue weighted by atomic mass is 10.2. The summed E-state index contributed by atoms with van der Waals surface area (Å²) in [7, 11) is 3.07. The molecule has 0 radical (unpaired) electrons. The standard InChI is InChI=1S/C16H19FN2O4/c1-22-10-5-9(8-20)19(7-10)16(21)13-6-11-14(23-2)4-3-12(17)15(11)18-13/h3-4,6,9-10,18,20H,5,7-8H2,1-2H3/t9-,10+/m0/s1. The van der Waals surface area contributed by atoms with Crippen molar-refractivity contribution in [3.05, 3.63) is 29.7 Å². The van der Waals surface area contributed by atoms with Crippen molar-refractivity contribution < 1.29 is 23.8 Å². The number of fused-ring (bicyclic) bond motifs is 1. The number of ether oxygens (including phenoxy) is 2. The highest BCUT2D eigenvalue weighted by molar-refractivity contribution is 6.00. The SMILES string of the molecule is COc1ccc(F)c2[nH]c(C(=O)N3C[C@H](OC)C[C@H]3CO)cc12. The minimum absolute atomic E-state index is 0.105. The highest BCUT2D eigenvalue weighted by Gasteiger charge is 2.36. The number of nitrogens with one attached hydrogen (secondary N) is 1. The molecule has 7 heteroatoms. The highest BCUT2D eigenvalue weighted by atomic mass is 19.1. The number of aliphatic hydroxyl groups is 1. The van der Waals surface area contributed by atoms with Gasteiger partial charge in [0.05, 0.1) is 31.4 Å². The molecule has 2 atom stereocenters. The first-order chi connectivity index (χ1) is 11.1. The van der Waals surface area contributed by atoms with Crippen LogP contribution in [0.25, 0.3) is 10.9 Å². The molecule has 2 aromatic rings. The largest absolute Gasteiger partial charge is 0.496 e. The molecule has 6 nitrogen and oxygen atoms in total. The summed E-state index contributed by atoms with van der Waals surface area (Å²) in [6.45, 7) is 0.263. The Hall–Kier alpha value is -2.12. The zero-order valence-corrected chi connectivity index (χ0v) is 13.0. The number of benzene rings is 1. The van der Waals surface area contributed by atoms with Crippen LogP contribution in [-0.2, 0) is 4.74 Å². The van der Waals surface area contributed by atoms with Gasteiger partial charge < -0.3 is 24.5 Å². The predicted molar refractivity (Wildman–Crippen MR) is 82.1 cm³/mol. The molecule has 0 unspecified atom stereocenters. The van der Waals surface area contributed by atoms with E-state index in [4.69, 9.17) is 9.47 Å². The van der Waals surface area contributed by atoms with E-state index < -0.39 is 5.82 Å². The van der Waals surface area contributed by atoms with Gasteiger partial charge in [0.1, 0.15) is 17.3 Å². The van der Waals surface area contributed by atoms with Crippen molar-refractivity contribution in [3.63, 3.8) is 0 Å². The number of halogens is 1. The lowest BCUT2D eigenvalue weighted by Gasteiger charge is -2.21. The van der Waals surface area contributed by atoms with Crippen molar-refractivity contribution in [1.82, 2.24) is 9.88 Å². The number of likely N-dealkylation sites (tertiary alicyclic amines) is 1. The number of aromatic nitrogens is 1. The van der Waals surface area contributed by atoms with Crippen LogP contribution in [0, 0.1) is 5.82 Å². The van der Waals surface area contributed by atoms with Gasteiger partial charge in [0.2, 0.25) is 0 Å². The molecule has 1 aliphatic heterocycles. The molecule has 1 aliphatic rings. The monoisotopic (exact) mass is 322 g/mol. The first kappa shape index (κ1) is 15.8. The average molecular weight is 322 g/mol. The molecule has 3 rings (SSSR count). The number of aliphatic hydroxyl groups excluding tert-OH is 1. The molecule has 1 fully saturated rings. The second-order valence-electron chi connectivity index (χ2n) is 5.61. The Kier molecular flexibility index (Phi) is 4.23. The summed E-state index contributed by atoms with van der Waals surface area (Å²) in [6.07, 6.45) is 0.475. The van der Waals surface area contributed by atoms with Crippen LogP contribution in [0.2, 0.25) is 0 Å². The molecular weight excluding hydrogens is 303 g/mol. The Morgan fingerprint density at radius 3 is 2.91 bits per heavy atom. The van der Waals surface area contributed by atoms with E-state index in [1.807, 2.05) is 0 Å². The molecule has 1 saturated heterocycles. The summed E-state index contributed by atoms with van der Waals surface area (Å²) in [4.78, 5) is 17.1. The summed E-state index contributed by atoms with van der Waals surface area (Å²) in [5, 5.41) is 9.98. The van der Waals surface area contributed by atoms with Crippen molar-refractivity contribution in [2.75, 3.05) is 27.4 Å². The Balaban J connectivity index is 1.96. The third kappa shape index (κ3) is 2.66. The van der Waals surface area contributed by atoms with E-state index in [2.05, 4.69) is 4.98 Å². The molecule has 1 amide bonds. The number of amides is 1. The van der Waals surface area contributed by atoms with E-state index in [0.29, 0.717) is 24.1 Å². The minimum atomic E-state index is -0.449. The second-order valence-corrected chi connectivity index (χ2v) is 5.61. The van der Waals surface area contributed by atoms with Crippen LogP contribution in [0.3, 0.4) is 0 Å². The molecule has 0 saturated carbocycles. The normalized spacial score (nSPS) is 21.1. The summed E-state index contributed by atoms with van der Waals surface area (Å²) in [5.74, 6) is -0.248. The molecule has 2 N–H and O–H groups in total. The van der Waals surface area contributed by atoms with Gasteiger partial charge in [-0.05, 0) is 24.6 Å². The molecule has 1 aromatic carbocycles. The van der Waals surface area contributed by atoms with Crippen LogP contribution in [0.5, 0.6) is 5.75 Å². The fourth-order valence-corrected chi connectivity index (χ4v) is 3.07. The van der Waals surface area contributed by atoms with E-state index in [0.717, 1.165) is 0 Å². The maximum absolute atomic E-state index is 13.9. The van der Waals surface area contributed by atoms with E-state index >= 15 is 0 Å². The molecule has 0 bridgehead atoms. The van der Waals surface area contributed by atoms with E-state index in [1.165, 1.54) is 19.2 Å². The Bertz CT molecular complexity index is 730. The van der Waals surface area contributed by atoms with Crippen molar-refractivity contribution in [3.8, 4) is 5.75 Å². The number of carbonyl (C=O) groups excluding carboxylic acids is 1. The molecule has 0 spiro atoms. The maximum Gasteiger partial charge on any atom is 0.270 e. The Morgan fingerprint density at radius 2 is 2.26 bits per heavy atom. The Labute approximate surface area is 132 Å². The smallest absolute Gasteiger partial charge is 0.270 e. The fraction of sp³-hybridized carbons (Fsp3) is 0.438. The van der Waals surface area contributed by atoms with Gasteiger partial charge in [-0.2, -0.15) is 0 Å². The third-order valence-corrected chi connectivity index (χ3v) is 4.33. The number of hydrogen-bond acceptors (Lipinski definition) is 4. The van der Waals surface area contributed by atoms with Crippen LogP contribution >= 0.6 is 0 Å². The Morgan fingerprint density at radius 1 is 1.48 bits per heavy atom. The third-order valence-electron chi connectivity index (χ3n) is 4.33. The zero-order chi connectivity index (χ0) is 16.6. The maximum atomic E-state index is 13.9. The first-order valence-corrected chi connectivity index (χ1v) is 7.38. The minimum Gasteiger partial charge on any atom is -0.496 e. The summed E-state index contributed by atoms with van der Waals surface area (Å²) in [6, 6.07) is 4.09. The molecule has 1 aromatic heterocycles. The first-order valence-electron chi connectivity index (χ1n) is 7.38. The van der Waals surface area contributed by atoms with Gasteiger partial charge in [0.15, 0.2) is 0 Å². The van der Waals surface area contributed by atoms with Crippen LogP contribution in [0.4, 0.5) is 4.39 Å².